The number of nitrogens with zero attached hydrogens (tertiary/aromatic N) is 1. The van der Waals surface area contributed by atoms with Crippen molar-refractivity contribution in [1.82, 2.24) is 10.2 Å². The second-order valence-corrected chi connectivity index (χ2v) is 6.77. The Labute approximate surface area is 163 Å². The number of benzene rings is 1. The van der Waals surface area contributed by atoms with Crippen molar-refractivity contribution in [2.45, 2.75) is 19.9 Å². The van der Waals surface area contributed by atoms with Gasteiger partial charge >= 0.3 is 0 Å². The number of furan rings is 2. The maximum Gasteiger partial charge on any atom is 0.287 e. The second-order valence-electron chi connectivity index (χ2n) is 6.33. The molecule has 0 fully saturated rings. The Hall–Kier alpha value is -1.95. The van der Waals surface area contributed by atoms with Crippen molar-refractivity contribution in [3.63, 3.8) is 0 Å². The van der Waals surface area contributed by atoms with E-state index in [1.54, 1.807) is 18.2 Å². The Kier molecular flexibility index (Phi) is 6.39. The maximum atomic E-state index is 12.6. The number of aryl methyl sites for hydroxylation is 2. The zero-order chi connectivity index (χ0) is 18.1. The van der Waals surface area contributed by atoms with Gasteiger partial charge in [0.1, 0.15) is 17.1 Å². The van der Waals surface area contributed by atoms with Crippen LogP contribution < -0.4 is 5.32 Å². The van der Waals surface area contributed by atoms with Crippen molar-refractivity contribution in [2.75, 3.05) is 20.6 Å². The molecule has 0 saturated heterocycles. The van der Waals surface area contributed by atoms with Crippen LogP contribution in [0, 0.1) is 13.8 Å². The van der Waals surface area contributed by atoms with Gasteiger partial charge in [-0.05, 0) is 58.3 Å². The van der Waals surface area contributed by atoms with Crippen molar-refractivity contribution in [1.29, 1.82) is 0 Å². The van der Waals surface area contributed by atoms with Crippen LogP contribution in [0.2, 0.25) is 5.02 Å². The third-order valence-corrected chi connectivity index (χ3v) is 4.51. The topological polar surface area (TPSA) is 58.6 Å². The molecule has 7 heteroatoms. The molecule has 0 aliphatic carbocycles. The zero-order valence-corrected chi connectivity index (χ0v) is 16.7. The van der Waals surface area contributed by atoms with Gasteiger partial charge in [-0.15, -0.1) is 12.4 Å². The highest BCUT2D eigenvalue weighted by Gasteiger charge is 2.22. The molecule has 140 valence electrons. The molecule has 3 rings (SSSR count). The fraction of sp³-hybridized carbons (Fsp3) is 0.316. The third-order valence-electron chi connectivity index (χ3n) is 4.27. The summed E-state index contributed by atoms with van der Waals surface area (Å²) < 4.78 is 11.4. The molecule has 1 unspecified atom stereocenters. The molecule has 26 heavy (non-hydrogen) atoms. The van der Waals surface area contributed by atoms with Gasteiger partial charge in [-0.25, -0.2) is 0 Å². The lowest BCUT2D eigenvalue weighted by Gasteiger charge is -2.22. The summed E-state index contributed by atoms with van der Waals surface area (Å²) in [4.78, 5) is 14.6. The molecular weight excluding hydrogens is 375 g/mol. The van der Waals surface area contributed by atoms with E-state index in [2.05, 4.69) is 5.32 Å². The fourth-order valence-electron chi connectivity index (χ4n) is 2.85. The fourth-order valence-corrected chi connectivity index (χ4v) is 3.02. The molecule has 5 nitrogen and oxygen atoms in total. The summed E-state index contributed by atoms with van der Waals surface area (Å²) in [5, 5.41) is 4.40. The number of carbonyl (C=O) groups excluding carboxylic acids is 1. The lowest BCUT2D eigenvalue weighted by molar-refractivity contribution is 0.0912. The van der Waals surface area contributed by atoms with Gasteiger partial charge < -0.3 is 14.2 Å². The average Bonchev–Trinajstić information content (AvgIpc) is 3.11. The smallest absolute Gasteiger partial charge is 0.287 e. The quantitative estimate of drug-likeness (QED) is 0.675. The van der Waals surface area contributed by atoms with Crippen molar-refractivity contribution in [2.24, 2.45) is 0 Å². The first kappa shape index (κ1) is 20.4. The monoisotopic (exact) mass is 396 g/mol. The molecular formula is C19H22Cl2N2O3. The van der Waals surface area contributed by atoms with Crippen LogP contribution >= 0.6 is 24.0 Å². The van der Waals surface area contributed by atoms with E-state index < -0.39 is 0 Å². The van der Waals surface area contributed by atoms with Gasteiger partial charge in [-0.3, -0.25) is 9.69 Å². The van der Waals surface area contributed by atoms with Crippen molar-refractivity contribution in [3.8, 4) is 0 Å². The SMILES string of the molecule is Cc1ccc(C(CNC(=O)c2oc3ccc(Cl)cc3c2C)N(C)C)o1.Cl. The number of halogens is 2. The van der Waals surface area contributed by atoms with E-state index in [0.717, 1.165) is 22.5 Å². The Morgan fingerprint density at radius 1 is 1.19 bits per heavy atom. The lowest BCUT2D eigenvalue weighted by atomic mass is 10.1. The molecule has 0 aliphatic heterocycles. The van der Waals surface area contributed by atoms with Crippen molar-refractivity contribution in [3.05, 3.63) is 58.2 Å². The summed E-state index contributed by atoms with van der Waals surface area (Å²) in [6.45, 7) is 4.17. The Morgan fingerprint density at radius 3 is 2.54 bits per heavy atom. The summed E-state index contributed by atoms with van der Waals surface area (Å²) in [5.74, 6) is 1.72. The average molecular weight is 397 g/mol. The Bertz CT molecular complexity index is 915. The molecule has 0 radical (unpaired) electrons. The van der Waals surface area contributed by atoms with E-state index in [0.29, 0.717) is 22.9 Å². The Morgan fingerprint density at radius 2 is 1.92 bits per heavy atom. The summed E-state index contributed by atoms with van der Waals surface area (Å²) in [5.41, 5.74) is 1.43. The highest BCUT2D eigenvalue weighted by molar-refractivity contribution is 6.31. The number of hydrogen-bond donors (Lipinski definition) is 1. The molecule has 0 spiro atoms. The van der Waals surface area contributed by atoms with Crippen molar-refractivity contribution >= 4 is 40.9 Å². The van der Waals surface area contributed by atoms with E-state index in [1.165, 1.54) is 0 Å². The van der Waals surface area contributed by atoms with Gasteiger partial charge in [0.25, 0.3) is 5.91 Å². The van der Waals surface area contributed by atoms with Gasteiger partial charge in [0.15, 0.2) is 5.76 Å². The van der Waals surface area contributed by atoms with Crippen LogP contribution in [0.3, 0.4) is 0 Å². The van der Waals surface area contributed by atoms with Crippen LogP contribution in [0.25, 0.3) is 11.0 Å². The summed E-state index contributed by atoms with van der Waals surface area (Å²) in [6, 6.07) is 9.12. The standard InChI is InChI=1S/C19H21ClN2O3.ClH/c1-11-5-7-17(24-11)15(22(3)4)10-21-19(23)18-12(2)14-9-13(20)6-8-16(14)25-18;/h5-9,15H,10H2,1-4H3,(H,21,23);1H. The molecule has 2 aromatic heterocycles. The number of likely N-dealkylation sites (N-methyl/N-ethyl adjacent to an activating group) is 1. The van der Waals surface area contributed by atoms with Crippen LogP contribution in [-0.4, -0.2) is 31.4 Å². The summed E-state index contributed by atoms with van der Waals surface area (Å²) >= 11 is 6.03. The Balaban J connectivity index is 0.00000243. The van der Waals surface area contributed by atoms with E-state index in [9.17, 15) is 4.79 Å². The number of nitrogens with one attached hydrogen (secondary N) is 1. The third kappa shape index (κ3) is 4.06. The van der Waals surface area contributed by atoms with Crippen LogP contribution in [0.5, 0.6) is 0 Å². The number of hydrogen-bond acceptors (Lipinski definition) is 4. The first-order valence-corrected chi connectivity index (χ1v) is 8.44. The lowest BCUT2D eigenvalue weighted by Crippen LogP contribution is -2.34. The van der Waals surface area contributed by atoms with Gasteiger partial charge in [0.05, 0.1) is 6.04 Å². The molecule has 1 atom stereocenters. The van der Waals surface area contributed by atoms with E-state index >= 15 is 0 Å². The van der Waals surface area contributed by atoms with Gasteiger partial charge in [-0.2, -0.15) is 0 Å². The summed E-state index contributed by atoms with van der Waals surface area (Å²) in [6.07, 6.45) is 0. The predicted octanol–water partition coefficient (Wildman–Crippen LogP) is 4.75. The van der Waals surface area contributed by atoms with E-state index in [4.69, 9.17) is 20.4 Å². The minimum atomic E-state index is -0.250. The maximum absolute atomic E-state index is 12.6. The summed E-state index contributed by atoms with van der Waals surface area (Å²) in [7, 11) is 3.90. The molecule has 2 heterocycles. The highest BCUT2D eigenvalue weighted by atomic mass is 35.5. The largest absolute Gasteiger partial charge is 0.465 e. The number of fused-ring (bicyclic) bond motifs is 1. The molecule has 1 N–H and O–H groups in total. The van der Waals surface area contributed by atoms with Gasteiger partial charge in [0, 0.05) is 22.5 Å². The minimum absolute atomic E-state index is 0. The molecule has 0 bridgehead atoms. The molecule has 0 aliphatic rings. The van der Waals surface area contributed by atoms with Gasteiger partial charge in [0.2, 0.25) is 0 Å². The second kappa shape index (κ2) is 8.16. The predicted molar refractivity (Wildman–Crippen MR) is 105 cm³/mol. The highest BCUT2D eigenvalue weighted by Crippen LogP contribution is 2.28. The number of rotatable bonds is 5. The number of carbonyl (C=O) groups is 1. The number of amides is 1. The first-order valence-electron chi connectivity index (χ1n) is 8.06. The van der Waals surface area contributed by atoms with Crippen LogP contribution in [0.15, 0.2) is 39.2 Å². The first-order chi connectivity index (χ1) is 11.9. The van der Waals surface area contributed by atoms with Crippen LogP contribution in [-0.2, 0) is 0 Å². The van der Waals surface area contributed by atoms with E-state index in [-0.39, 0.29) is 24.4 Å². The molecule has 0 saturated carbocycles. The van der Waals surface area contributed by atoms with Crippen LogP contribution in [0.4, 0.5) is 0 Å². The van der Waals surface area contributed by atoms with E-state index in [1.807, 2.05) is 45.0 Å². The molecule has 3 aromatic rings. The van der Waals surface area contributed by atoms with Crippen molar-refractivity contribution < 1.29 is 13.6 Å². The molecule has 1 aromatic carbocycles. The zero-order valence-electron chi connectivity index (χ0n) is 15.1. The van der Waals surface area contributed by atoms with Gasteiger partial charge in [-0.1, -0.05) is 11.6 Å². The molecule has 1 amide bonds. The minimum Gasteiger partial charge on any atom is -0.465 e. The van der Waals surface area contributed by atoms with Crippen LogP contribution in [0.1, 0.15) is 33.7 Å². The normalized spacial score (nSPS) is 12.2.